The van der Waals surface area contributed by atoms with Gasteiger partial charge < -0.3 is 9.73 Å². The number of nitrogens with one attached hydrogen (secondary N) is 1. The maximum Gasteiger partial charge on any atom is 0.293 e. The molecule has 6 heteroatoms. The minimum Gasteiger partial charge on any atom is -0.458 e. The first kappa shape index (κ1) is 11.5. The predicted molar refractivity (Wildman–Crippen MR) is 64.0 cm³/mol. The topological polar surface area (TPSA) is 72.2 Å². The minimum atomic E-state index is -0.517. The van der Waals surface area contributed by atoms with Crippen LogP contribution in [0.1, 0.15) is 20.9 Å². The van der Waals surface area contributed by atoms with E-state index >= 15 is 0 Å². The van der Waals surface area contributed by atoms with Crippen LogP contribution in [0.5, 0.6) is 0 Å². The van der Waals surface area contributed by atoms with Crippen LogP contribution >= 0.6 is 15.9 Å². The summed E-state index contributed by atoms with van der Waals surface area (Å²) in [4.78, 5) is 26.4. The molecule has 0 atom stereocenters. The fourth-order valence-corrected chi connectivity index (χ4v) is 1.59. The second-order valence-corrected chi connectivity index (χ2v) is 3.97. The molecule has 1 N–H and O–H groups in total. The van der Waals surface area contributed by atoms with Crippen molar-refractivity contribution in [2.45, 2.75) is 0 Å². The van der Waals surface area contributed by atoms with Gasteiger partial charge in [0.2, 0.25) is 5.76 Å². The van der Waals surface area contributed by atoms with Crippen molar-refractivity contribution in [1.29, 1.82) is 0 Å². The van der Waals surface area contributed by atoms with Gasteiger partial charge in [0, 0.05) is 6.20 Å². The van der Waals surface area contributed by atoms with Gasteiger partial charge in [-0.2, -0.15) is 0 Å². The Bertz CT molecular complexity index is 565. The molecule has 2 heterocycles. The lowest BCUT2D eigenvalue weighted by Crippen LogP contribution is -2.14. The largest absolute Gasteiger partial charge is 0.458 e. The van der Waals surface area contributed by atoms with E-state index in [1.807, 2.05) is 0 Å². The van der Waals surface area contributed by atoms with Crippen molar-refractivity contribution in [3.8, 4) is 0 Å². The van der Waals surface area contributed by atoms with Crippen LogP contribution < -0.4 is 5.32 Å². The van der Waals surface area contributed by atoms with Gasteiger partial charge in [-0.3, -0.25) is 9.59 Å². The lowest BCUT2D eigenvalue weighted by molar-refractivity contribution is 0.0987. The van der Waals surface area contributed by atoms with E-state index in [4.69, 9.17) is 4.42 Å². The summed E-state index contributed by atoms with van der Waals surface area (Å²) in [6.45, 7) is 0. The van der Waals surface area contributed by atoms with E-state index in [1.54, 1.807) is 18.3 Å². The molecular formula is C11H7BrN2O3. The summed E-state index contributed by atoms with van der Waals surface area (Å²) in [6, 6.07) is 4.89. The molecule has 0 aliphatic heterocycles. The van der Waals surface area contributed by atoms with Gasteiger partial charge in [0.15, 0.2) is 6.29 Å². The molecule has 0 aromatic carbocycles. The number of carbonyl (C=O) groups excluding carboxylic acids is 2. The molecule has 0 aliphatic carbocycles. The van der Waals surface area contributed by atoms with E-state index in [1.165, 1.54) is 12.3 Å². The predicted octanol–water partition coefficient (Wildman–Crippen LogP) is 2.50. The van der Waals surface area contributed by atoms with Crippen molar-refractivity contribution in [3.05, 3.63) is 46.5 Å². The minimum absolute atomic E-state index is 0.0300. The summed E-state index contributed by atoms with van der Waals surface area (Å²) in [5.74, 6) is -0.181. The molecule has 0 aliphatic rings. The molecule has 86 valence electrons. The van der Waals surface area contributed by atoms with Crippen molar-refractivity contribution >= 4 is 33.9 Å². The Labute approximate surface area is 105 Å². The lowest BCUT2D eigenvalue weighted by atomic mass is 10.2. The highest BCUT2D eigenvalue weighted by atomic mass is 79.9. The second kappa shape index (κ2) is 4.92. The maximum atomic E-state index is 11.8. The summed E-state index contributed by atoms with van der Waals surface area (Å²) in [5.41, 5.74) is 0.203. The van der Waals surface area contributed by atoms with Gasteiger partial charge in [0.25, 0.3) is 5.91 Å². The summed E-state index contributed by atoms with van der Waals surface area (Å²) in [5, 5.41) is 2.54. The molecule has 2 aromatic rings. The standard InChI is InChI=1S/C11H7BrN2O3/c12-8-2-1-4-13-10(8)14-11(16)9-7(6-15)3-5-17-9/h1-6H,(H,13,14,16). The molecule has 2 aromatic heterocycles. The number of carbonyl (C=O) groups is 2. The number of hydrogen-bond donors (Lipinski definition) is 1. The van der Waals surface area contributed by atoms with Gasteiger partial charge in [-0.15, -0.1) is 0 Å². The Morgan fingerprint density at radius 3 is 3.00 bits per heavy atom. The van der Waals surface area contributed by atoms with Crippen LogP contribution in [-0.2, 0) is 0 Å². The Morgan fingerprint density at radius 1 is 1.47 bits per heavy atom. The summed E-state index contributed by atoms with van der Waals surface area (Å²) in [6.07, 6.45) is 3.39. The van der Waals surface area contributed by atoms with Crippen LogP contribution in [0.15, 0.2) is 39.5 Å². The van der Waals surface area contributed by atoms with Crippen LogP contribution in [0, 0.1) is 0 Å². The number of aromatic nitrogens is 1. The first-order chi connectivity index (χ1) is 8.22. The zero-order valence-electron chi connectivity index (χ0n) is 8.51. The molecule has 17 heavy (non-hydrogen) atoms. The van der Waals surface area contributed by atoms with Gasteiger partial charge in [-0.05, 0) is 34.1 Å². The van der Waals surface area contributed by atoms with Gasteiger partial charge in [0.1, 0.15) is 5.82 Å². The number of pyridine rings is 1. The Morgan fingerprint density at radius 2 is 2.29 bits per heavy atom. The molecule has 0 bridgehead atoms. The zero-order valence-corrected chi connectivity index (χ0v) is 10.1. The number of furan rings is 1. The van der Waals surface area contributed by atoms with E-state index in [0.29, 0.717) is 16.6 Å². The van der Waals surface area contributed by atoms with Gasteiger partial charge in [-0.25, -0.2) is 4.98 Å². The number of hydrogen-bond acceptors (Lipinski definition) is 4. The third kappa shape index (κ3) is 2.42. The van der Waals surface area contributed by atoms with Gasteiger partial charge >= 0.3 is 0 Å². The number of aldehydes is 1. The third-order valence-corrected chi connectivity index (χ3v) is 2.66. The first-order valence-electron chi connectivity index (χ1n) is 4.67. The van der Waals surface area contributed by atoms with Crippen molar-refractivity contribution in [3.63, 3.8) is 0 Å². The summed E-state index contributed by atoms with van der Waals surface area (Å²) < 4.78 is 5.59. The fourth-order valence-electron chi connectivity index (χ4n) is 1.24. The lowest BCUT2D eigenvalue weighted by Gasteiger charge is -2.04. The van der Waals surface area contributed by atoms with Crippen molar-refractivity contribution < 1.29 is 14.0 Å². The van der Waals surface area contributed by atoms with Crippen LogP contribution in [0.2, 0.25) is 0 Å². The molecule has 0 fully saturated rings. The van der Waals surface area contributed by atoms with Crippen LogP contribution in [0.25, 0.3) is 0 Å². The normalized spacial score (nSPS) is 9.94. The molecule has 0 saturated heterocycles. The van der Waals surface area contributed by atoms with Crippen LogP contribution in [0.4, 0.5) is 5.82 Å². The Kier molecular flexibility index (Phi) is 3.34. The second-order valence-electron chi connectivity index (χ2n) is 3.11. The highest BCUT2D eigenvalue weighted by molar-refractivity contribution is 9.10. The van der Waals surface area contributed by atoms with Crippen LogP contribution in [0.3, 0.4) is 0 Å². The molecule has 0 spiro atoms. The van der Waals surface area contributed by atoms with E-state index in [9.17, 15) is 9.59 Å². The number of nitrogens with zero attached hydrogens (tertiary/aromatic N) is 1. The number of anilines is 1. The molecule has 2 rings (SSSR count). The van der Waals surface area contributed by atoms with Crippen LogP contribution in [-0.4, -0.2) is 17.2 Å². The Balaban J connectivity index is 2.23. The zero-order chi connectivity index (χ0) is 12.3. The quantitative estimate of drug-likeness (QED) is 0.883. The molecule has 0 radical (unpaired) electrons. The number of amides is 1. The molecule has 5 nitrogen and oxygen atoms in total. The monoisotopic (exact) mass is 294 g/mol. The maximum absolute atomic E-state index is 11.8. The van der Waals surface area contributed by atoms with E-state index in [0.717, 1.165) is 0 Å². The molecular weight excluding hydrogens is 288 g/mol. The summed E-state index contributed by atoms with van der Waals surface area (Å²) in [7, 11) is 0. The SMILES string of the molecule is O=Cc1ccoc1C(=O)Nc1ncccc1Br. The Hall–Kier alpha value is -1.95. The average Bonchev–Trinajstić information content (AvgIpc) is 2.80. The smallest absolute Gasteiger partial charge is 0.293 e. The van der Waals surface area contributed by atoms with Crippen molar-refractivity contribution in [1.82, 2.24) is 4.98 Å². The highest BCUT2D eigenvalue weighted by Gasteiger charge is 2.16. The molecule has 0 unspecified atom stereocenters. The highest BCUT2D eigenvalue weighted by Crippen LogP contribution is 2.19. The number of rotatable bonds is 3. The van der Waals surface area contributed by atoms with E-state index in [-0.39, 0.29) is 11.3 Å². The molecule has 0 saturated carbocycles. The summed E-state index contributed by atoms with van der Waals surface area (Å²) >= 11 is 3.25. The van der Waals surface area contributed by atoms with Crippen molar-refractivity contribution in [2.24, 2.45) is 0 Å². The third-order valence-electron chi connectivity index (χ3n) is 2.02. The van der Waals surface area contributed by atoms with E-state index < -0.39 is 5.91 Å². The number of halogens is 1. The van der Waals surface area contributed by atoms with Gasteiger partial charge in [0.05, 0.1) is 16.3 Å². The van der Waals surface area contributed by atoms with Crippen molar-refractivity contribution in [2.75, 3.05) is 5.32 Å². The fraction of sp³-hybridized carbons (Fsp3) is 0. The first-order valence-corrected chi connectivity index (χ1v) is 5.46. The van der Waals surface area contributed by atoms with Gasteiger partial charge in [-0.1, -0.05) is 0 Å². The average molecular weight is 295 g/mol. The van der Waals surface area contributed by atoms with E-state index in [2.05, 4.69) is 26.2 Å². The molecule has 1 amide bonds.